The molecule has 4 N–H and O–H groups in total. The molecular formula is C46H40BF6IN4O10. The molecule has 0 aliphatic carbocycles. The molecule has 14 nitrogen and oxygen atoms in total. The summed E-state index contributed by atoms with van der Waals surface area (Å²) in [4.78, 5) is 31.0. The van der Waals surface area contributed by atoms with Gasteiger partial charge in [-0.1, -0.05) is 46.7 Å². The third-order valence-electron chi connectivity index (χ3n) is 9.62. The molecule has 0 fully saturated rings. The number of nitrogens with zero attached hydrogens (tertiary/aromatic N) is 4. The number of benzene rings is 6. The van der Waals surface area contributed by atoms with E-state index in [1.54, 1.807) is 57.2 Å². The highest BCUT2D eigenvalue weighted by molar-refractivity contribution is 14.1. The highest BCUT2D eigenvalue weighted by Crippen LogP contribution is 2.35. The monoisotopic (exact) mass is 1060 g/mol. The summed E-state index contributed by atoms with van der Waals surface area (Å²) in [6.45, 7) is 7.23. The molecule has 0 unspecified atom stereocenters. The van der Waals surface area contributed by atoms with Gasteiger partial charge in [0.05, 0.1) is 32.4 Å². The van der Waals surface area contributed by atoms with Gasteiger partial charge < -0.3 is 29.9 Å². The van der Waals surface area contributed by atoms with Crippen LogP contribution in [0.1, 0.15) is 58.4 Å². The lowest BCUT2D eigenvalue weighted by Gasteiger charge is -2.14. The average molecular weight is 1060 g/mol. The van der Waals surface area contributed by atoms with Gasteiger partial charge in [-0.15, -0.1) is 0 Å². The number of aromatic hydroxyl groups is 2. The summed E-state index contributed by atoms with van der Waals surface area (Å²) < 4.78 is 75.6. The number of hydrogen-bond acceptors (Lipinski definition) is 12. The minimum Gasteiger partial charge on any atom is -0.508 e. The van der Waals surface area contributed by atoms with Crippen LogP contribution in [0.5, 0.6) is 11.5 Å². The molecule has 6 aromatic carbocycles. The fourth-order valence-electron chi connectivity index (χ4n) is 5.79. The van der Waals surface area contributed by atoms with Crippen LogP contribution in [0, 0.1) is 37.6 Å². The van der Waals surface area contributed by atoms with Crippen LogP contribution < -0.4 is 5.46 Å². The molecule has 0 bridgehead atoms. The van der Waals surface area contributed by atoms with Crippen molar-refractivity contribution in [1.82, 2.24) is 0 Å². The summed E-state index contributed by atoms with van der Waals surface area (Å²) in [5, 5.41) is 66.5. The summed E-state index contributed by atoms with van der Waals surface area (Å²) in [6.07, 6.45) is -8.83. The molecule has 0 aliphatic rings. The SMILES string of the molecule is C/C(=N\OCc1ccc([N+](=O)[O-])cc1)c1cc(O)c(C)cc1-c1ccc(C(F)(F)F)cc1.C/C(=N\OCc1ccc([N+](=O)[O-])cc1)c1cc(O)c(C)cc1I.OB(O)c1ccc(C(F)(F)F)cc1. The van der Waals surface area contributed by atoms with Crippen molar-refractivity contribution in [3.05, 3.63) is 190 Å². The molecule has 0 aliphatic heterocycles. The molecule has 6 rings (SSSR count). The second-order valence-corrected chi connectivity index (χ2v) is 15.8. The van der Waals surface area contributed by atoms with Crippen molar-refractivity contribution in [2.75, 3.05) is 0 Å². The smallest absolute Gasteiger partial charge is 0.488 e. The van der Waals surface area contributed by atoms with E-state index >= 15 is 0 Å². The lowest BCUT2D eigenvalue weighted by molar-refractivity contribution is -0.385. The predicted molar refractivity (Wildman–Crippen MR) is 250 cm³/mol. The normalized spacial score (nSPS) is 11.7. The Hall–Kier alpha value is -7.05. The number of phenolic OH excluding ortho intramolecular Hbond substituents is 2. The number of non-ortho nitro benzene ring substituents is 2. The average Bonchev–Trinajstić information content (AvgIpc) is 3.28. The number of phenols is 2. The van der Waals surface area contributed by atoms with E-state index in [1.165, 1.54) is 42.5 Å². The van der Waals surface area contributed by atoms with Gasteiger partial charge in [0.1, 0.15) is 24.7 Å². The number of nitro benzene ring substituents is 2. The Morgan fingerprint density at radius 2 is 1.00 bits per heavy atom. The summed E-state index contributed by atoms with van der Waals surface area (Å²) in [6, 6.07) is 27.0. The van der Waals surface area contributed by atoms with Crippen LogP contribution in [0.25, 0.3) is 11.1 Å². The van der Waals surface area contributed by atoms with Crippen molar-refractivity contribution >= 4 is 58.0 Å². The third kappa shape index (κ3) is 15.5. The maximum Gasteiger partial charge on any atom is 0.488 e. The maximum absolute atomic E-state index is 12.9. The van der Waals surface area contributed by atoms with E-state index in [-0.39, 0.29) is 41.6 Å². The van der Waals surface area contributed by atoms with Crippen LogP contribution in [0.4, 0.5) is 37.7 Å². The number of halogens is 7. The van der Waals surface area contributed by atoms with Crippen molar-refractivity contribution in [2.45, 2.75) is 53.3 Å². The van der Waals surface area contributed by atoms with E-state index in [2.05, 4.69) is 32.9 Å². The first-order chi connectivity index (χ1) is 31.8. The van der Waals surface area contributed by atoms with Crippen LogP contribution in [-0.2, 0) is 35.2 Å². The zero-order chi connectivity index (χ0) is 50.5. The topological polar surface area (TPSA) is 210 Å². The van der Waals surface area contributed by atoms with Crippen molar-refractivity contribution in [3.63, 3.8) is 0 Å². The van der Waals surface area contributed by atoms with Crippen molar-refractivity contribution in [2.24, 2.45) is 10.3 Å². The van der Waals surface area contributed by atoms with Crippen LogP contribution >= 0.6 is 22.6 Å². The summed E-state index contributed by atoms with van der Waals surface area (Å²) in [5.41, 5.74) is 4.76. The second kappa shape index (κ2) is 23.6. The minimum atomic E-state index is -4.44. The highest BCUT2D eigenvalue weighted by Gasteiger charge is 2.31. The van der Waals surface area contributed by atoms with Gasteiger partial charge in [0.15, 0.2) is 0 Å². The number of hydrogen-bond donors (Lipinski definition) is 4. The molecule has 6 aromatic rings. The summed E-state index contributed by atoms with van der Waals surface area (Å²) in [5.74, 6) is 0.228. The molecule has 68 heavy (non-hydrogen) atoms. The number of oxime groups is 2. The zero-order valence-electron chi connectivity index (χ0n) is 36.2. The molecule has 22 heteroatoms. The second-order valence-electron chi connectivity index (χ2n) is 14.6. The zero-order valence-corrected chi connectivity index (χ0v) is 38.4. The van der Waals surface area contributed by atoms with E-state index in [4.69, 9.17) is 19.7 Å². The maximum atomic E-state index is 12.9. The van der Waals surface area contributed by atoms with Gasteiger partial charge in [-0.2, -0.15) is 26.3 Å². The number of nitro groups is 2. The van der Waals surface area contributed by atoms with E-state index in [0.717, 1.165) is 56.7 Å². The van der Waals surface area contributed by atoms with Crippen LogP contribution in [0.15, 0.2) is 132 Å². The third-order valence-corrected chi connectivity index (χ3v) is 10.5. The van der Waals surface area contributed by atoms with Crippen LogP contribution in [0.3, 0.4) is 0 Å². The predicted octanol–water partition coefficient (Wildman–Crippen LogP) is 10.8. The van der Waals surface area contributed by atoms with E-state index in [0.29, 0.717) is 39.2 Å². The molecule has 0 radical (unpaired) electrons. The first-order valence-corrected chi connectivity index (χ1v) is 20.8. The van der Waals surface area contributed by atoms with Gasteiger partial charge in [-0.05, 0) is 150 Å². The highest BCUT2D eigenvalue weighted by atomic mass is 127. The van der Waals surface area contributed by atoms with Crippen molar-refractivity contribution in [1.29, 1.82) is 0 Å². The summed E-state index contributed by atoms with van der Waals surface area (Å²) in [7, 11) is -1.73. The van der Waals surface area contributed by atoms with Gasteiger partial charge in [0, 0.05) is 39.0 Å². The quantitative estimate of drug-likeness (QED) is 0.0227. The van der Waals surface area contributed by atoms with Gasteiger partial charge in [-0.3, -0.25) is 20.2 Å². The standard InChI is InChI=1S/C23H19F3N2O4.C16H15IN2O4.C7H6BF3O2/c1-14-11-21(17-5-7-18(8-6-17)23(24,25)26)20(12-22(14)29)15(2)27-32-13-16-3-9-19(10-4-16)28(30)31;1-10-7-15(17)14(8-16(10)20)11(2)18-23-9-12-3-5-13(6-4-12)19(21)22;9-7(10,11)5-1-3-6(4-2-5)8(12)13/h3-12,29H,13H2,1-2H3;3-8,20H,9H2,1-2H3;1-4,12-13H/b27-15+;18-11+;. The Kier molecular flexibility index (Phi) is 18.6. The molecule has 0 spiro atoms. The first-order valence-electron chi connectivity index (χ1n) is 19.7. The molecule has 0 saturated carbocycles. The molecule has 356 valence electrons. The van der Waals surface area contributed by atoms with Gasteiger partial charge in [0.25, 0.3) is 11.4 Å². The molecule has 0 saturated heterocycles. The number of aryl methyl sites for hydroxylation is 2. The lowest BCUT2D eigenvalue weighted by atomic mass is 9.80. The Morgan fingerprint density at radius 3 is 1.40 bits per heavy atom. The van der Waals surface area contributed by atoms with Gasteiger partial charge in [-0.25, -0.2) is 0 Å². The fourth-order valence-corrected chi connectivity index (χ4v) is 6.80. The molecule has 0 amide bonds. The Morgan fingerprint density at radius 1 is 0.618 bits per heavy atom. The molecule has 0 atom stereocenters. The Bertz CT molecular complexity index is 2760. The van der Waals surface area contributed by atoms with Crippen molar-refractivity contribution < 1.29 is 66.1 Å². The van der Waals surface area contributed by atoms with E-state index in [1.807, 2.05) is 13.0 Å². The van der Waals surface area contributed by atoms with Gasteiger partial charge >= 0.3 is 19.5 Å². The molecular weight excluding hydrogens is 1020 g/mol. The molecule has 0 heterocycles. The van der Waals surface area contributed by atoms with E-state index in [9.17, 15) is 56.8 Å². The minimum absolute atomic E-state index is 0.0144. The van der Waals surface area contributed by atoms with E-state index < -0.39 is 40.4 Å². The number of rotatable bonds is 12. The summed E-state index contributed by atoms with van der Waals surface area (Å²) >= 11 is 2.18. The van der Waals surface area contributed by atoms with Crippen LogP contribution in [0.2, 0.25) is 0 Å². The Labute approximate surface area is 398 Å². The first kappa shape index (κ1) is 53.6. The molecule has 0 aromatic heterocycles. The lowest BCUT2D eigenvalue weighted by Crippen LogP contribution is -2.29. The fraction of sp³-hybridized carbons (Fsp3) is 0.174. The van der Waals surface area contributed by atoms with Gasteiger partial charge in [0.2, 0.25) is 0 Å². The largest absolute Gasteiger partial charge is 0.508 e. The van der Waals surface area contributed by atoms with Crippen molar-refractivity contribution in [3.8, 4) is 22.6 Å². The van der Waals surface area contributed by atoms with Crippen LogP contribution in [-0.4, -0.2) is 48.6 Å². The Balaban J connectivity index is 0.000000243. The number of alkyl halides is 6.